The first-order valence-electron chi connectivity index (χ1n) is 9.45. The Morgan fingerprint density at radius 1 is 1.10 bits per heavy atom. The maximum Gasteiger partial charge on any atom is 0.257 e. The van der Waals surface area contributed by atoms with Gasteiger partial charge >= 0.3 is 0 Å². The van der Waals surface area contributed by atoms with Gasteiger partial charge in [-0.15, -0.1) is 0 Å². The van der Waals surface area contributed by atoms with E-state index in [1.165, 1.54) is 4.90 Å². The zero-order chi connectivity index (χ0) is 21.2. The number of amides is 3. The molecule has 3 rings (SSSR count). The van der Waals surface area contributed by atoms with Crippen molar-refractivity contribution in [2.24, 2.45) is 0 Å². The van der Waals surface area contributed by atoms with Crippen LogP contribution in [0.4, 0.5) is 5.69 Å². The van der Waals surface area contributed by atoms with Crippen LogP contribution in [0.15, 0.2) is 54.6 Å². The highest BCUT2D eigenvalue weighted by molar-refractivity contribution is 6.23. The number of carbonyl (C=O) groups excluding carboxylic acids is 3. The van der Waals surface area contributed by atoms with Crippen molar-refractivity contribution >= 4 is 23.4 Å². The van der Waals surface area contributed by atoms with Gasteiger partial charge in [-0.3, -0.25) is 14.4 Å². The molecule has 148 valence electrons. The Labute approximate surface area is 170 Å². The summed E-state index contributed by atoms with van der Waals surface area (Å²) in [7, 11) is 0. The van der Waals surface area contributed by atoms with Crippen LogP contribution in [0.25, 0.3) is 0 Å². The van der Waals surface area contributed by atoms with Gasteiger partial charge in [0.15, 0.2) is 0 Å². The molecule has 29 heavy (non-hydrogen) atoms. The lowest BCUT2D eigenvalue weighted by Crippen LogP contribution is -2.55. The summed E-state index contributed by atoms with van der Waals surface area (Å²) in [6.07, 6.45) is 0.101. The summed E-state index contributed by atoms with van der Waals surface area (Å²) >= 11 is 0. The van der Waals surface area contributed by atoms with Crippen molar-refractivity contribution in [3.8, 4) is 6.07 Å². The number of nitrogens with zero attached hydrogens (tertiary/aromatic N) is 3. The van der Waals surface area contributed by atoms with E-state index in [1.807, 2.05) is 57.2 Å². The maximum atomic E-state index is 13.2. The average Bonchev–Trinajstić information content (AvgIpc) is 2.95. The fourth-order valence-electron chi connectivity index (χ4n) is 3.65. The van der Waals surface area contributed by atoms with E-state index in [0.717, 1.165) is 10.5 Å². The highest BCUT2D eigenvalue weighted by atomic mass is 16.2. The van der Waals surface area contributed by atoms with E-state index in [9.17, 15) is 14.4 Å². The molecule has 3 amide bonds. The van der Waals surface area contributed by atoms with E-state index in [0.29, 0.717) is 11.3 Å². The second kappa shape index (κ2) is 7.88. The summed E-state index contributed by atoms with van der Waals surface area (Å²) in [5.41, 5.74) is 1.07. The van der Waals surface area contributed by atoms with Crippen LogP contribution >= 0.6 is 0 Å². The first-order chi connectivity index (χ1) is 13.7. The quantitative estimate of drug-likeness (QED) is 0.753. The summed E-state index contributed by atoms with van der Waals surface area (Å²) in [6, 6.07) is 16.8. The van der Waals surface area contributed by atoms with Crippen LogP contribution in [0, 0.1) is 11.3 Å². The van der Waals surface area contributed by atoms with Crippen molar-refractivity contribution in [3.63, 3.8) is 0 Å². The SMILES string of the molecule is CC(C)(C)N(C(=O)Cc1ccccc1)C1CC(=O)N(c2ccc(C#N)cc2)C1=O. The van der Waals surface area contributed by atoms with Crippen molar-refractivity contribution < 1.29 is 14.4 Å². The van der Waals surface area contributed by atoms with E-state index >= 15 is 0 Å². The Hall–Kier alpha value is -3.46. The van der Waals surface area contributed by atoms with Crippen molar-refractivity contribution in [2.45, 2.75) is 45.2 Å². The molecule has 2 aromatic rings. The van der Waals surface area contributed by atoms with Crippen LogP contribution in [0.5, 0.6) is 0 Å². The minimum Gasteiger partial charge on any atom is -0.325 e. The molecule has 0 aliphatic carbocycles. The molecule has 0 aromatic heterocycles. The number of nitriles is 1. The monoisotopic (exact) mass is 389 g/mol. The molecular weight excluding hydrogens is 366 g/mol. The summed E-state index contributed by atoms with van der Waals surface area (Å²) in [5, 5.41) is 8.94. The Morgan fingerprint density at radius 2 is 1.72 bits per heavy atom. The van der Waals surface area contributed by atoms with Gasteiger partial charge < -0.3 is 4.90 Å². The standard InChI is InChI=1S/C23H23N3O3/c1-23(2,3)26(21(28)13-16-7-5-4-6-8-16)19-14-20(27)25(22(19)29)18-11-9-17(15-24)10-12-18/h4-12,19H,13-14H2,1-3H3. The molecule has 1 atom stereocenters. The molecule has 1 aliphatic heterocycles. The molecule has 6 heteroatoms. The number of imide groups is 1. The highest BCUT2D eigenvalue weighted by Gasteiger charge is 2.47. The Morgan fingerprint density at radius 3 is 2.28 bits per heavy atom. The number of hydrogen-bond donors (Lipinski definition) is 0. The van der Waals surface area contributed by atoms with Gasteiger partial charge in [0, 0.05) is 5.54 Å². The number of benzene rings is 2. The Bertz CT molecular complexity index is 969. The molecule has 2 aromatic carbocycles. The molecule has 6 nitrogen and oxygen atoms in total. The van der Waals surface area contributed by atoms with Gasteiger partial charge in [0.05, 0.1) is 30.2 Å². The van der Waals surface area contributed by atoms with E-state index in [1.54, 1.807) is 24.3 Å². The predicted octanol–water partition coefficient (Wildman–Crippen LogP) is 3.06. The Kier molecular flexibility index (Phi) is 5.51. The zero-order valence-electron chi connectivity index (χ0n) is 16.8. The maximum absolute atomic E-state index is 13.2. The third-order valence-electron chi connectivity index (χ3n) is 4.88. The van der Waals surface area contributed by atoms with Gasteiger partial charge in [-0.2, -0.15) is 5.26 Å². The van der Waals surface area contributed by atoms with Crippen molar-refractivity contribution in [2.75, 3.05) is 4.90 Å². The van der Waals surface area contributed by atoms with Gasteiger partial charge in [0.1, 0.15) is 6.04 Å². The lowest BCUT2D eigenvalue weighted by atomic mass is 9.99. The van der Waals surface area contributed by atoms with Crippen LogP contribution in [0.1, 0.15) is 38.3 Å². The Balaban J connectivity index is 1.89. The molecule has 1 saturated heterocycles. The van der Waals surface area contributed by atoms with Crippen LogP contribution in [0.2, 0.25) is 0 Å². The van der Waals surface area contributed by atoms with Gasteiger partial charge in [-0.05, 0) is 50.6 Å². The molecule has 0 radical (unpaired) electrons. The third-order valence-corrected chi connectivity index (χ3v) is 4.88. The molecule has 1 aliphatic rings. The summed E-state index contributed by atoms with van der Waals surface area (Å²) in [5.74, 6) is -0.973. The van der Waals surface area contributed by atoms with Crippen molar-refractivity contribution in [3.05, 3.63) is 65.7 Å². The highest BCUT2D eigenvalue weighted by Crippen LogP contribution is 2.30. The number of carbonyl (C=O) groups is 3. The summed E-state index contributed by atoms with van der Waals surface area (Å²) in [6.45, 7) is 5.58. The van der Waals surface area contributed by atoms with Crippen LogP contribution in [0.3, 0.4) is 0 Å². The second-order valence-corrected chi connectivity index (χ2v) is 8.04. The number of hydrogen-bond acceptors (Lipinski definition) is 4. The van der Waals surface area contributed by atoms with Crippen LogP contribution in [-0.4, -0.2) is 34.2 Å². The minimum absolute atomic E-state index is 0.0589. The number of rotatable bonds is 4. The largest absolute Gasteiger partial charge is 0.325 e. The molecule has 0 spiro atoms. The van der Waals surface area contributed by atoms with Gasteiger partial charge in [-0.25, -0.2) is 4.90 Å². The van der Waals surface area contributed by atoms with Gasteiger partial charge in [0.2, 0.25) is 11.8 Å². The molecule has 0 saturated carbocycles. The summed E-state index contributed by atoms with van der Waals surface area (Å²) in [4.78, 5) is 41.6. The van der Waals surface area contributed by atoms with Crippen molar-refractivity contribution in [1.29, 1.82) is 5.26 Å². The fraction of sp³-hybridized carbons (Fsp3) is 0.304. The molecule has 1 heterocycles. The van der Waals surface area contributed by atoms with E-state index < -0.39 is 17.5 Å². The molecule has 0 bridgehead atoms. The minimum atomic E-state index is -0.852. The molecule has 0 N–H and O–H groups in total. The lowest BCUT2D eigenvalue weighted by Gasteiger charge is -2.39. The zero-order valence-corrected chi connectivity index (χ0v) is 16.8. The van der Waals surface area contributed by atoms with Crippen molar-refractivity contribution in [1.82, 2.24) is 4.90 Å². The first kappa shape index (κ1) is 20.3. The van der Waals surface area contributed by atoms with Crippen LogP contribution in [-0.2, 0) is 20.8 Å². The first-order valence-corrected chi connectivity index (χ1v) is 9.45. The molecule has 1 fully saturated rings. The predicted molar refractivity (Wildman–Crippen MR) is 109 cm³/mol. The molecular formula is C23H23N3O3. The average molecular weight is 389 g/mol. The lowest BCUT2D eigenvalue weighted by molar-refractivity contribution is -0.143. The summed E-state index contributed by atoms with van der Waals surface area (Å²) < 4.78 is 0. The van der Waals surface area contributed by atoms with E-state index in [-0.39, 0.29) is 24.7 Å². The van der Waals surface area contributed by atoms with Gasteiger partial charge in [0.25, 0.3) is 5.91 Å². The smallest absolute Gasteiger partial charge is 0.257 e. The van der Waals surface area contributed by atoms with E-state index in [2.05, 4.69) is 0 Å². The molecule has 1 unspecified atom stereocenters. The van der Waals surface area contributed by atoms with Gasteiger partial charge in [-0.1, -0.05) is 30.3 Å². The van der Waals surface area contributed by atoms with E-state index in [4.69, 9.17) is 5.26 Å². The normalized spacial score (nSPS) is 16.6. The second-order valence-electron chi connectivity index (χ2n) is 8.04. The topological polar surface area (TPSA) is 81.5 Å². The fourth-order valence-corrected chi connectivity index (χ4v) is 3.65. The number of anilines is 1. The third kappa shape index (κ3) is 4.19. The van der Waals surface area contributed by atoms with Crippen LogP contribution < -0.4 is 4.90 Å².